The molecule has 27 heavy (non-hydrogen) atoms. The van der Waals surface area contributed by atoms with Gasteiger partial charge in [0.15, 0.2) is 5.82 Å². The first-order valence-corrected chi connectivity index (χ1v) is 8.78. The summed E-state index contributed by atoms with van der Waals surface area (Å²) in [7, 11) is 0. The van der Waals surface area contributed by atoms with Crippen molar-refractivity contribution >= 4 is 29.2 Å². The van der Waals surface area contributed by atoms with Crippen LogP contribution in [0.3, 0.4) is 0 Å². The van der Waals surface area contributed by atoms with Crippen LogP contribution in [0.25, 0.3) is 5.65 Å². The molecule has 1 aromatic carbocycles. The number of hydrogen-bond donors (Lipinski definition) is 2. The molecule has 0 unspecified atom stereocenters. The fraction of sp³-hybridized carbons (Fsp3) is 0.368. The van der Waals surface area contributed by atoms with Crippen molar-refractivity contribution in [3.8, 4) is 0 Å². The van der Waals surface area contributed by atoms with Crippen molar-refractivity contribution in [2.24, 2.45) is 0 Å². The largest absolute Gasteiger partial charge is 0.465 e. The zero-order chi connectivity index (χ0) is 19.8. The molecule has 8 nitrogen and oxygen atoms in total. The standard InChI is InChI=1S/C19H24N6O2/c1-12(2)25(18(26)27)17-23-22-16-15(20-10-11-24(16)17)21-14-8-6-13(7-9-14)19(3,4)5/h6-12H,1-5H3,(H,20,21)(H,26,27). The van der Waals surface area contributed by atoms with Gasteiger partial charge in [-0.25, -0.2) is 14.7 Å². The molecule has 2 heterocycles. The number of nitrogens with one attached hydrogen (secondary N) is 1. The molecule has 0 saturated carbocycles. The van der Waals surface area contributed by atoms with E-state index >= 15 is 0 Å². The van der Waals surface area contributed by atoms with Crippen LogP contribution in [0.15, 0.2) is 36.7 Å². The van der Waals surface area contributed by atoms with E-state index in [1.54, 1.807) is 30.6 Å². The van der Waals surface area contributed by atoms with E-state index in [4.69, 9.17) is 0 Å². The summed E-state index contributed by atoms with van der Waals surface area (Å²) in [6, 6.07) is 7.84. The molecule has 0 saturated heterocycles. The average molecular weight is 368 g/mol. The molecule has 1 amide bonds. The summed E-state index contributed by atoms with van der Waals surface area (Å²) in [5.41, 5.74) is 2.64. The van der Waals surface area contributed by atoms with Gasteiger partial charge in [-0.3, -0.25) is 4.40 Å². The third kappa shape index (κ3) is 3.69. The summed E-state index contributed by atoms with van der Waals surface area (Å²) >= 11 is 0. The van der Waals surface area contributed by atoms with Crippen molar-refractivity contribution in [1.82, 2.24) is 19.6 Å². The van der Waals surface area contributed by atoms with Crippen LogP contribution < -0.4 is 10.2 Å². The second-order valence-corrected chi connectivity index (χ2v) is 7.67. The minimum atomic E-state index is -1.08. The zero-order valence-corrected chi connectivity index (χ0v) is 16.1. The van der Waals surface area contributed by atoms with Crippen LogP contribution >= 0.6 is 0 Å². The van der Waals surface area contributed by atoms with Gasteiger partial charge in [0.05, 0.1) is 0 Å². The van der Waals surface area contributed by atoms with Gasteiger partial charge >= 0.3 is 6.09 Å². The summed E-state index contributed by atoms with van der Waals surface area (Å²) in [4.78, 5) is 17.1. The molecule has 0 radical (unpaired) electrons. The predicted octanol–water partition coefficient (Wildman–Crippen LogP) is 4.06. The molecule has 0 aliphatic rings. The second-order valence-electron chi connectivity index (χ2n) is 7.67. The molecule has 0 atom stereocenters. The van der Waals surface area contributed by atoms with E-state index in [1.807, 2.05) is 12.1 Å². The lowest BCUT2D eigenvalue weighted by molar-refractivity contribution is 0.199. The Morgan fingerprint density at radius 2 is 1.85 bits per heavy atom. The molecule has 0 aliphatic heterocycles. The fourth-order valence-electron chi connectivity index (χ4n) is 2.79. The number of aromatic nitrogens is 4. The van der Waals surface area contributed by atoms with Gasteiger partial charge in [0.1, 0.15) is 0 Å². The van der Waals surface area contributed by atoms with Gasteiger partial charge < -0.3 is 10.4 Å². The number of rotatable bonds is 4. The Labute approximate surface area is 157 Å². The highest BCUT2D eigenvalue weighted by Gasteiger charge is 2.24. The minimum absolute atomic E-state index is 0.0792. The molecule has 0 fully saturated rings. The SMILES string of the molecule is CC(C)N(C(=O)O)c1nnc2c(Nc3ccc(C(C)(C)C)cc3)nccn12. The van der Waals surface area contributed by atoms with E-state index in [-0.39, 0.29) is 17.4 Å². The lowest BCUT2D eigenvalue weighted by Gasteiger charge is -2.20. The highest BCUT2D eigenvalue weighted by atomic mass is 16.4. The topological polar surface area (TPSA) is 95.7 Å². The molecule has 2 aromatic heterocycles. The Morgan fingerprint density at radius 1 is 1.19 bits per heavy atom. The lowest BCUT2D eigenvalue weighted by Crippen LogP contribution is -2.37. The summed E-state index contributed by atoms with van der Waals surface area (Å²) in [6.45, 7) is 10.1. The van der Waals surface area contributed by atoms with E-state index < -0.39 is 6.09 Å². The highest BCUT2D eigenvalue weighted by Crippen LogP contribution is 2.26. The first-order valence-electron chi connectivity index (χ1n) is 8.78. The minimum Gasteiger partial charge on any atom is -0.465 e. The Hall–Kier alpha value is -3.16. The van der Waals surface area contributed by atoms with E-state index in [9.17, 15) is 9.90 Å². The molecule has 0 bridgehead atoms. The maximum atomic E-state index is 11.6. The van der Waals surface area contributed by atoms with Gasteiger partial charge in [0.2, 0.25) is 11.6 Å². The number of fused-ring (bicyclic) bond motifs is 1. The molecule has 0 aliphatic carbocycles. The number of amides is 1. The maximum Gasteiger partial charge on any atom is 0.414 e. The van der Waals surface area contributed by atoms with Crippen LogP contribution in [0.5, 0.6) is 0 Å². The molecule has 3 aromatic rings. The number of hydrogen-bond acceptors (Lipinski definition) is 5. The van der Waals surface area contributed by atoms with Crippen LogP contribution in [0.4, 0.5) is 22.2 Å². The average Bonchev–Trinajstić information content (AvgIpc) is 2.99. The third-order valence-electron chi connectivity index (χ3n) is 4.26. The Morgan fingerprint density at radius 3 is 2.41 bits per heavy atom. The van der Waals surface area contributed by atoms with Gasteiger partial charge in [0.25, 0.3) is 0 Å². The summed E-state index contributed by atoms with van der Waals surface area (Å²) in [5.74, 6) is 0.745. The number of carboxylic acid groups (broad SMARTS) is 1. The fourth-order valence-corrected chi connectivity index (χ4v) is 2.79. The van der Waals surface area contributed by atoms with Crippen molar-refractivity contribution in [1.29, 1.82) is 0 Å². The first-order chi connectivity index (χ1) is 12.7. The summed E-state index contributed by atoms with van der Waals surface area (Å²) in [6.07, 6.45) is 2.16. The normalized spacial score (nSPS) is 11.8. The Balaban J connectivity index is 1.96. The first kappa shape index (κ1) is 18.6. The van der Waals surface area contributed by atoms with Gasteiger partial charge in [-0.2, -0.15) is 0 Å². The van der Waals surface area contributed by atoms with Crippen LogP contribution in [0.2, 0.25) is 0 Å². The summed E-state index contributed by atoms with van der Waals surface area (Å²) < 4.78 is 1.62. The van der Waals surface area contributed by atoms with Crippen LogP contribution in [0.1, 0.15) is 40.2 Å². The Kier molecular flexibility index (Phi) is 4.73. The van der Waals surface area contributed by atoms with Crippen LogP contribution in [0, 0.1) is 0 Å². The zero-order valence-electron chi connectivity index (χ0n) is 16.1. The Bertz CT molecular complexity index is 956. The monoisotopic (exact) mass is 368 g/mol. The van der Waals surface area contributed by atoms with E-state index in [0.29, 0.717) is 11.5 Å². The number of carbonyl (C=O) groups is 1. The van der Waals surface area contributed by atoms with Gasteiger partial charge in [-0.15, -0.1) is 10.2 Å². The van der Waals surface area contributed by atoms with Crippen molar-refractivity contribution in [2.75, 3.05) is 10.2 Å². The molecule has 8 heteroatoms. The summed E-state index contributed by atoms with van der Waals surface area (Å²) in [5, 5.41) is 20.9. The van der Waals surface area contributed by atoms with Crippen molar-refractivity contribution in [2.45, 2.75) is 46.1 Å². The number of nitrogens with zero attached hydrogens (tertiary/aromatic N) is 5. The third-order valence-corrected chi connectivity index (χ3v) is 4.26. The smallest absolute Gasteiger partial charge is 0.414 e. The predicted molar refractivity (Wildman–Crippen MR) is 105 cm³/mol. The second kappa shape index (κ2) is 6.86. The van der Waals surface area contributed by atoms with Crippen molar-refractivity contribution in [3.63, 3.8) is 0 Å². The molecular formula is C19H24N6O2. The van der Waals surface area contributed by atoms with E-state index in [0.717, 1.165) is 5.69 Å². The highest BCUT2D eigenvalue weighted by molar-refractivity contribution is 5.85. The van der Waals surface area contributed by atoms with Gasteiger partial charge in [-0.1, -0.05) is 32.9 Å². The van der Waals surface area contributed by atoms with Gasteiger partial charge in [0, 0.05) is 24.1 Å². The van der Waals surface area contributed by atoms with E-state index in [2.05, 4.69) is 53.4 Å². The number of benzene rings is 1. The van der Waals surface area contributed by atoms with Gasteiger partial charge in [-0.05, 0) is 37.0 Å². The molecular weight excluding hydrogens is 344 g/mol. The van der Waals surface area contributed by atoms with Crippen LogP contribution in [-0.4, -0.2) is 36.8 Å². The van der Waals surface area contributed by atoms with E-state index in [1.165, 1.54) is 10.5 Å². The van der Waals surface area contributed by atoms with Crippen molar-refractivity contribution in [3.05, 3.63) is 42.2 Å². The number of anilines is 3. The lowest BCUT2D eigenvalue weighted by atomic mass is 9.87. The molecule has 0 spiro atoms. The molecule has 2 N–H and O–H groups in total. The quantitative estimate of drug-likeness (QED) is 0.721. The van der Waals surface area contributed by atoms with Crippen LogP contribution in [-0.2, 0) is 5.41 Å². The molecule has 142 valence electrons. The van der Waals surface area contributed by atoms with Crippen molar-refractivity contribution < 1.29 is 9.90 Å². The maximum absolute atomic E-state index is 11.6. The molecule has 3 rings (SSSR count).